The number of carbonyl (C=O) groups is 1. The van der Waals surface area contributed by atoms with E-state index >= 15 is 0 Å². The molecule has 4 heteroatoms. The number of likely N-dealkylation sites (N-methyl/N-ethyl adjacent to an activating group) is 1. The van der Waals surface area contributed by atoms with Gasteiger partial charge in [0.2, 0.25) is 5.91 Å². The topological polar surface area (TPSA) is 66.6 Å². The summed E-state index contributed by atoms with van der Waals surface area (Å²) in [5.74, 6) is 0.0755. The zero-order valence-corrected chi connectivity index (χ0v) is 10.2. The number of hydrogen-bond donors (Lipinski definition) is 2. The Balaban J connectivity index is 2.57. The molecule has 0 aromatic heterocycles. The van der Waals surface area contributed by atoms with Crippen molar-refractivity contribution in [3.63, 3.8) is 0 Å². The fraction of sp³-hybridized carbons (Fsp3) is 0.462. The molecule has 1 amide bonds. The van der Waals surface area contributed by atoms with Crippen molar-refractivity contribution in [1.82, 2.24) is 4.90 Å². The van der Waals surface area contributed by atoms with Crippen LogP contribution in [0.25, 0.3) is 0 Å². The maximum Gasteiger partial charge on any atom is 0.226 e. The highest BCUT2D eigenvalue weighted by molar-refractivity contribution is 5.79. The summed E-state index contributed by atoms with van der Waals surface area (Å²) in [6, 6.07) is 7.37. The van der Waals surface area contributed by atoms with E-state index in [1.807, 2.05) is 25.1 Å². The quantitative estimate of drug-likeness (QED) is 0.725. The molecule has 0 spiro atoms. The molecule has 0 aliphatic carbocycles. The summed E-state index contributed by atoms with van der Waals surface area (Å²) in [5, 5.41) is 8.76. The Morgan fingerprint density at radius 2 is 2.24 bits per heavy atom. The van der Waals surface area contributed by atoms with Crippen LogP contribution < -0.4 is 5.73 Å². The summed E-state index contributed by atoms with van der Waals surface area (Å²) in [4.78, 5) is 13.7. The number of aliphatic hydroxyl groups excluding tert-OH is 1. The summed E-state index contributed by atoms with van der Waals surface area (Å²) in [7, 11) is 0. The Labute approximate surface area is 102 Å². The number of benzene rings is 1. The molecule has 94 valence electrons. The zero-order chi connectivity index (χ0) is 12.7. The van der Waals surface area contributed by atoms with E-state index in [-0.39, 0.29) is 12.5 Å². The third-order valence-electron chi connectivity index (χ3n) is 2.63. The Morgan fingerprint density at radius 3 is 2.82 bits per heavy atom. The largest absolute Gasteiger partial charge is 0.399 e. The number of amides is 1. The molecule has 1 aromatic carbocycles. The molecule has 0 atom stereocenters. The lowest BCUT2D eigenvalue weighted by molar-refractivity contribution is -0.130. The van der Waals surface area contributed by atoms with Crippen LogP contribution in [-0.4, -0.2) is 35.6 Å². The van der Waals surface area contributed by atoms with Gasteiger partial charge in [-0.1, -0.05) is 12.1 Å². The van der Waals surface area contributed by atoms with Crippen molar-refractivity contribution in [1.29, 1.82) is 0 Å². The maximum atomic E-state index is 12.0. The van der Waals surface area contributed by atoms with Gasteiger partial charge in [-0.25, -0.2) is 0 Å². The van der Waals surface area contributed by atoms with Gasteiger partial charge in [-0.3, -0.25) is 4.79 Å². The molecule has 0 fully saturated rings. The van der Waals surface area contributed by atoms with E-state index in [9.17, 15) is 4.79 Å². The first-order chi connectivity index (χ1) is 8.17. The lowest BCUT2D eigenvalue weighted by Gasteiger charge is -2.20. The summed E-state index contributed by atoms with van der Waals surface area (Å²) < 4.78 is 0. The molecule has 0 radical (unpaired) electrons. The predicted molar refractivity (Wildman–Crippen MR) is 68.5 cm³/mol. The molecule has 0 heterocycles. The van der Waals surface area contributed by atoms with Crippen LogP contribution >= 0.6 is 0 Å². The van der Waals surface area contributed by atoms with E-state index in [0.29, 0.717) is 31.6 Å². The summed E-state index contributed by atoms with van der Waals surface area (Å²) in [6.45, 7) is 3.33. The number of aliphatic hydroxyl groups is 1. The van der Waals surface area contributed by atoms with Crippen molar-refractivity contribution in [2.45, 2.75) is 19.8 Å². The molecular formula is C13H20N2O2. The summed E-state index contributed by atoms with van der Waals surface area (Å²) in [5.41, 5.74) is 7.27. The van der Waals surface area contributed by atoms with Gasteiger partial charge < -0.3 is 15.7 Å². The lowest BCUT2D eigenvalue weighted by Crippen LogP contribution is -2.33. The molecule has 1 rings (SSSR count). The van der Waals surface area contributed by atoms with Crippen molar-refractivity contribution in [3.05, 3.63) is 29.8 Å². The van der Waals surface area contributed by atoms with Crippen molar-refractivity contribution >= 4 is 11.6 Å². The summed E-state index contributed by atoms with van der Waals surface area (Å²) in [6.07, 6.45) is 0.987. The van der Waals surface area contributed by atoms with Gasteiger partial charge in [0.1, 0.15) is 0 Å². The fourth-order valence-electron chi connectivity index (χ4n) is 1.71. The van der Waals surface area contributed by atoms with Gasteiger partial charge in [0.15, 0.2) is 0 Å². The average Bonchev–Trinajstić information content (AvgIpc) is 2.30. The highest BCUT2D eigenvalue weighted by atomic mass is 16.3. The molecule has 0 bridgehead atoms. The highest BCUT2D eigenvalue weighted by Gasteiger charge is 2.11. The normalized spacial score (nSPS) is 10.2. The monoisotopic (exact) mass is 236 g/mol. The van der Waals surface area contributed by atoms with Crippen LogP contribution in [0.5, 0.6) is 0 Å². The molecule has 0 saturated heterocycles. The number of nitrogen functional groups attached to an aromatic ring is 1. The van der Waals surface area contributed by atoms with Crippen molar-refractivity contribution in [2.75, 3.05) is 25.4 Å². The van der Waals surface area contributed by atoms with E-state index in [1.165, 1.54) is 0 Å². The Kier molecular flexibility index (Phi) is 5.49. The van der Waals surface area contributed by atoms with Gasteiger partial charge in [0.25, 0.3) is 0 Å². The molecular weight excluding hydrogens is 216 g/mol. The van der Waals surface area contributed by atoms with Crippen LogP contribution in [0.3, 0.4) is 0 Å². The molecule has 0 aliphatic rings. The second-order valence-corrected chi connectivity index (χ2v) is 3.97. The summed E-state index contributed by atoms with van der Waals surface area (Å²) >= 11 is 0. The van der Waals surface area contributed by atoms with E-state index in [2.05, 4.69) is 0 Å². The van der Waals surface area contributed by atoms with Crippen LogP contribution in [0.2, 0.25) is 0 Å². The van der Waals surface area contributed by atoms with Crippen LogP contribution in [0, 0.1) is 0 Å². The van der Waals surface area contributed by atoms with Gasteiger partial charge in [-0.2, -0.15) is 0 Å². The van der Waals surface area contributed by atoms with Gasteiger partial charge in [0.05, 0.1) is 6.42 Å². The van der Waals surface area contributed by atoms with Crippen LogP contribution in [0.4, 0.5) is 5.69 Å². The fourth-order valence-corrected chi connectivity index (χ4v) is 1.71. The molecule has 17 heavy (non-hydrogen) atoms. The minimum absolute atomic E-state index is 0.0755. The Bertz CT molecular complexity index is 366. The molecule has 0 saturated carbocycles. The average molecular weight is 236 g/mol. The van der Waals surface area contributed by atoms with Gasteiger partial charge in [-0.15, -0.1) is 0 Å². The van der Waals surface area contributed by atoms with Crippen LogP contribution in [-0.2, 0) is 11.2 Å². The van der Waals surface area contributed by atoms with Crippen molar-refractivity contribution in [2.24, 2.45) is 0 Å². The van der Waals surface area contributed by atoms with E-state index < -0.39 is 0 Å². The van der Waals surface area contributed by atoms with Gasteiger partial charge in [0, 0.05) is 25.4 Å². The number of nitrogens with zero attached hydrogens (tertiary/aromatic N) is 1. The smallest absolute Gasteiger partial charge is 0.226 e. The van der Waals surface area contributed by atoms with Crippen molar-refractivity contribution in [3.8, 4) is 0 Å². The second kappa shape index (κ2) is 6.91. The molecule has 0 aliphatic heterocycles. The number of carbonyl (C=O) groups excluding carboxylic acids is 1. The molecule has 4 nitrogen and oxygen atoms in total. The minimum atomic E-state index is 0.0755. The number of hydrogen-bond acceptors (Lipinski definition) is 3. The highest BCUT2D eigenvalue weighted by Crippen LogP contribution is 2.08. The first-order valence-corrected chi connectivity index (χ1v) is 5.90. The third kappa shape index (κ3) is 4.44. The first-order valence-electron chi connectivity index (χ1n) is 5.90. The predicted octanol–water partition coefficient (Wildman–Crippen LogP) is 1.04. The Morgan fingerprint density at radius 1 is 1.47 bits per heavy atom. The molecule has 0 unspecified atom stereocenters. The molecule has 1 aromatic rings. The van der Waals surface area contributed by atoms with Gasteiger partial charge >= 0.3 is 0 Å². The third-order valence-corrected chi connectivity index (χ3v) is 2.63. The number of nitrogens with two attached hydrogens (primary N) is 1. The van der Waals surface area contributed by atoms with Gasteiger partial charge in [-0.05, 0) is 31.0 Å². The standard InChI is InChI=1S/C13H20N2O2/c1-2-15(7-4-8-16)13(17)10-11-5-3-6-12(14)9-11/h3,5-6,9,16H,2,4,7-8,10,14H2,1H3. The number of rotatable bonds is 6. The number of anilines is 1. The van der Waals surface area contributed by atoms with E-state index in [0.717, 1.165) is 5.56 Å². The SMILES string of the molecule is CCN(CCCO)C(=O)Cc1cccc(N)c1. The van der Waals surface area contributed by atoms with Crippen molar-refractivity contribution < 1.29 is 9.90 Å². The van der Waals surface area contributed by atoms with E-state index in [4.69, 9.17) is 10.8 Å². The second-order valence-electron chi connectivity index (χ2n) is 3.97. The maximum absolute atomic E-state index is 12.0. The lowest BCUT2D eigenvalue weighted by atomic mass is 10.1. The Hall–Kier alpha value is -1.55. The van der Waals surface area contributed by atoms with Crippen LogP contribution in [0.15, 0.2) is 24.3 Å². The first kappa shape index (κ1) is 13.5. The minimum Gasteiger partial charge on any atom is -0.399 e. The van der Waals surface area contributed by atoms with Crippen LogP contribution in [0.1, 0.15) is 18.9 Å². The molecule has 3 N–H and O–H groups in total. The zero-order valence-electron chi connectivity index (χ0n) is 10.2. The van der Waals surface area contributed by atoms with E-state index in [1.54, 1.807) is 11.0 Å².